The molecule has 8 nitrogen and oxygen atoms in total. The van der Waals surface area contributed by atoms with Gasteiger partial charge in [-0.05, 0) is 67.8 Å². The highest BCUT2D eigenvalue weighted by molar-refractivity contribution is 5.95. The van der Waals surface area contributed by atoms with Gasteiger partial charge in [-0.2, -0.15) is 0 Å². The molecule has 0 aromatic heterocycles. The van der Waals surface area contributed by atoms with Crippen LogP contribution in [0.2, 0.25) is 0 Å². The van der Waals surface area contributed by atoms with Gasteiger partial charge in [0.05, 0.1) is 18.1 Å². The fourth-order valence-electron chi connectivity index (χ4n) is 6.61. The first-order valence-electron chi connectivity index (χ1n) is 13.6. The van der Waals surface area contributed by atoms with Crippen LogP contribution in [0.5, 0.6) is 5.75 Å². The number of amides is 3. The molecule has 0 bridgehead atoms. The van der Waals surface area contributed by atoms with Crippen LogP contribution >= 0.6 is 0 Å². The molecule has 2 aromatic carbocycles. The number of nitrogens with zero attached hydrogens (tertiary/aromatic N) is 1. The molecule has 1 unspecified atom stereocenters. The van der Waals surface area contributed by atoms with E-state index in [0.717, 1.165) is 30.4 Å². The second kappa shape index (κ2) is 10.1. The number of hydrogen-bond donors (Lipinski definition) is 4. The Balaban J connectivity index is 1.52. The van der Waals surface area contributed by atoms with E-state index in [-0.39, 0.29) is 35.9 Å². The fourth-order valence-corrected chi connectivity index (χ4v) is 6.61. The first kappa shape index (κ1) is 26.2. The number of fused-ring (bicyclic) bond motifs is 4. The summed E-state index contributed by atoms with van der Waals surface area (Å²) in [4.78, 5) is 42.7. The third-order valence-corrected chi connectivity index (χ3v) is 8.63. The van der Waals surface area contributed by atoms with Crippen molar-refractivity contribution in [3.63, 3.8) is 0 Å². The minimum absolute atomic E-state index is 0.110. The highest BCUT2D eigenvalue weighted by Crippen LogP contribution is 2.52. The van der Waals surface area contributed by atoms with E-state index in [0.29, 0.717) is 12.0 Å². The third kappa shape index (κ3) is 4.55. The maximum absolute atomic E-state index is 14.2. The number of carbonyl (C=O) groups is 3. The van der Waals surface area contributed by atoms with Gasteiger partial charge in [0.2, 0.25) is 17.7 Å². The summed E-state index contributed by atoms with van der Waals surface area (Å²) >= 11 is 0. The monoisotopic (exact) mass is 518 g/mol. The van der Waals surface area contributed by atoms with Crippen molar-refractivity contribution in [1.29, 1.82) is 0 Å². The Hall–Kier alpha value is -3.39. The summed E-state index contributed by atoms with van der Waals surface area (Å²) in [5.74, 6) is -0.666. The zero-order valence-electron chi connectivity index (χ0n) is 22.6. The predicted molar refractivity (Wildman–Crippen MR) is 144 cm³/mol. The number of likely N-dealkylation sites (N-methyl/N-ethyl adjacent to an activating group) is 1. The quantitative estimate of drug-likeness (QED) is 0.487. The van der Waals surface area contributed by atoms with Crippen molar-refractivity contribution in [2.24, 2.45) is 5.41 Å². The molecule has 202 valence electrons. The maximum Gasteiger partial charge on any atom is 0.246 e. The Bertz CT molecular complexity index is 1260. The summed E-state index contributed by atoms with van der Waals surface area (Å²) in [6, 6.07) is 10.8. The molecule has 0 radical (unpaired) electrons. The molecular weight excluding hydrogens is 480 g/mol. The second-order valence-corrected chi connectivity index (χ2v) is 11.6. The smallest absolute Gasteiger partial charge is 0.246 e. The van der Waals surface area contributed by atoms with Crippen LogP contribution in [0.1, 0.15) is 74.4 Å². The van der Waals surface area contributed by atoms with Crippen molar-refractivity contribution in [2.45, 2.75) is 83.1 Å². The summed E-state index contributed by atoms with van der Waals surface area (Å²) in [7, 11) is 1.69. The van der Waals surface area contributed by atoms with Crippen LogP contribution in [0, 0.1) is 5.41 Å². The number of nitrogens with one attached hydrogen (secondary N) is 3. The Kier molecular flexibility index (Phi) is 6.94. The van der Waals surface area contributed by atoms with Crippen LogP contribution in [-0.2, 0) is 27.2 Å². The zero-order chi connectivity index (χ0) is 27.2. The van der Waals surface area contributed by atoms with Crippen LogP contribution in [0.25, 0.3) is 0 Å². The lowest BCUT2D eigenvalue weighted by Crippen LogP contribution is -2.57. The minimum atomic E-state index is -0.844. The number of phenols is 1. The molecule has 3 aliphatic rings. The van der Waals surface area contributed by atoms with E-state index in [1.165, 1.54) is 5.56 Å². The van der Waals surface area contributed by atoms with Gasteiger partial charge < -0.3 is 26.0 Å². The molecule has 4 N–H and O–H groups in total. The first-order chi connectivity index (χ1) is 18.1. The summed E-state index contributed by atoms with van der Waals surface area (Å²) in [5, 5.41) is 20.0. The van der Waals surface area contributed by atoms with E-state index in [4.69, 9.17) is 0 Å². The average molecular weight is 519 g/mol. The Morgan fingerprint density at radius 1 is 1.05 bits per heavy atom. The lowest BCUT2D eigenvalue weighted by Gasteiger charge is -2.36. The summed E-state index contributed by atoms with van der Waals surface area (Å²) in [5.41, 5.74) is 3.31. The van der Waals surface area contributed by atoms with E-state index in [1.54, 1.807) is 31.0 Å². The van der Waals surface area contributed by atoms with E-state index in [2.05, 4.69) is 28.1 Å². The average Bonchev–Trinajstić information content (AvgIpc) is 3.12. The van der Waals surface area contributed by atoms with Gasteiger partial charge in [0, 0.05) is 12.0 Å². The molecule has 5 atom stereocenters. The Morgan fingerprint density at radius 2 is 1.79 bits per heavy atom. The molecule has 2 aromatic rings. The van der Waals surface area contributed by atoms with Crippen molar-refractivity contribution < 1.29 is 19.5 Å². The number of rotatable bonds is 5. The topological polar surface area (TPSA) is 111 Å². The molecule has 0 saturated carbocycles. The number of phenolic OH excluding ortho intramolecular Hbond substituents is 1. The van der Waals surface area contributed by atoms with Gasteiger partial charge in [-0.25, -0.2) is 0 Å². The fraction of sp³-hybridized carbons (Fsp3) is 0.500. The number of hydrogen-bond acceptors (Lipinski definition) is 5. The number of benzene rings is 2. The van der Waals surface area contributed by atoms with E-state index < -0.39 is 29.6 Å². The van der Waals surface area contributed by atoms with Gasteiger partial charge in [-0.3, -0.25) is 14.4 Å². The molecule has 1 aliphatic carbocycles. The molecule has 0 spiro atoms. The van der Waals surface area contributed by atoms with Crippen LogP contribution in [0.15, 0.2) is 42.5 Å². The van der Waals surface area contributed by atoms with Crippen LogP contribution in [0.4, 0.5) is 0 Å². The van der Waals surface area contributed by atoms with Crippen LogP contribution in [-0.4, -0.2) is 52.9 Å². The molecule has 1 saturated heterocycles. The first-order valence-corrected chi connectivity index (χ1v) is 13.6. The van der Waals surface area contributed by atoms with Gasteiger partial charge in [-0.15, -0.1) is 0 Å². The van der Waals surface area contributed by atoms with Crippen molar-refractivity contribution in [3.05, 3.63) is 64.7 Å². The Morgan fingerprint density at radius 3 is 2.55 bits per heavy atom. The van der Waals surface area contributed by atoms with Gasteiger partial charge in [0.1, 0.15) is 17.8 Å². The van der Waals surface area contributed by atoms with Crippen molar-refractivity contribution in [2.75, 3.05) is 7.05 Å². The van der Waals surface area contributed by atoms with E-state index in [1.807, 2.05) is 32.0 Å². The molecule has 2 aliphatic heterocycles. The van der Waals surface area contributed by atoms with Crippen molar-refractivity contribution in [1.82, 2.24) is 20.9 Å². The van der Waals surface area contributed by atoms with Gasteiger partial charge in [0.15, 0.2) is 0 Å². The summed E-state index contributed by atoms with van der Waals surface area (Å²) in [6.45, 7) is 5.74. The zero-order valence-corrected chi connectivity index (χ0v) is 22.6. The van der Waals surface area contributed by atoms with E-state index >= 15 is 0 Å². The lowest BCUT2D eigenvalue weighted by molar-refractivity contribution is -0.145. The molecule has 8 heteroatoms. The van der Waals surface area contributed by atoms with Gasteiger partial charge in [0.25, 0.3) is 0 Å². The van der Waals surface area contributed by atoms with Crippen LogP contribution < -0.4 is 16.0 Å². The largest absolute Gasteiger partial charge is 0.508 e. The van der Waals surface area contributed by atoms with Gasteiger partial charge in [-0.1, -0.05) is 50.2 Å². The molecule has 2 heterocycles. The van der Waals surface area contributed by atoms with E-state index in [9.17, 15) is 19.5 Å². The normalized spacial score (nSPS) is 26.4. The number of aryl methyl sites for hydroxylation is 1. The van der Waals surface area contributed by atoms with Crippen molar-refractivity contribution in [3.8, 4) is 5.75 Å². The van der Waals surface area contributed by atoms with Gasteiger partial charge >= 0.3 is 0 Å². The highest BCUT2D eigenvalue weighted by atomic mass is 16.3. The third-order valence-electron chi connectivity index (χ3n) is 8.63. The molecular formula is C30H38N4O4. The molecule has 3 amide bonds. The Labute approximate surface area is 224 Å². The highest BCUT2D eigenvalue weighted by Gasteiger charge is 2.56. The van der Waals surface area contributed by atoms with Crippen LogP contribution in [0.3, 0.4) is 0 Å². The standard InChI is InChI=1S/C30H38N4O4/c1-17(31-4)27(36)33-22-15-19-11-8-14-24(35)25(19)23-16-30(2,3)26(34(23)29(22)38)28(37)32-21-13-7-10-18-9-5-6-12-20(18)21/h5-6,8-9,11-12,14,17,21-23,26,31,35H,7,10,13,15-16H2,1-4H3,(H,32,37)(H,33,36)/t17-,21+,22-,23+,26?/m0/s1. The summed E-state index contributed by atoms with van der Waals surface area (Å²) in [6.07, 6.45) is 3.60. The molecule has 5 rings (SSSR count). The number of aromatic hydroxyl groups is 1. The lowest BCUT2D eigenvalue weighted by atomic mass is 9.80. The molecule has 38 heavy (non-hydrogen) atoms. The predicted octanol–water partition coefficient (Wildman–Crippen LogP) is 2.90. The SMILES string of the molecule is CN[C@@H](C)C(=O)N[C@H]1Cc2cccc(O)c2[C@H]2CC(C)(C)C(C(=O)N[C@@H]3CCCc4ccccc43)N2C1=O. The summed E-state index contributed by atoms with van der Waals surface area (Å²) < 4.78 is 0. The minimum Gasteiger partial charge on any atom is -0.508 e. The number of carbonyl (C=O) groups excluding carboxylic acids is 3. The molecule has 1 fully saturated rings. The maximum atomic E-state index is 14.2. The second-order valence-electron chi connectivity index (χ2n) is 11.6. The van der Waals surface area contributed by atoms with Crippen molar-refractivity contribution >= 4 is 17.7 Å².